The number of allylic oxidation sites excluding steroid dienone is 1. The van der Waals surface area contributed by atoms with E-state index in [1.165, 1.54) is 30.6 Å². The van der Waals surface area contributed by atoms with Crippen LogP contribution in [0.25, 0.3) is 0 Å². The Kier molecular flexibility index (Phi) is 7.20. The zero-order chi connectivity index (χ0) is 20.7. The fraction of sp³-hybridized carbons (Fsp3) is 0.333. The summed E-state index contributed by atoms with van der Waals surface area (Å²) >= 11 is 5.75. The lowest BCUT2D eigenvalue weighted by Gasteiger charge is -2.28. The Hall–Kier alpha value is -2.83. The number of benzene rings is 1. The van der Waals surface area contributed by atoms with Crippen LogP contribution in [-0.2, 0) is 0 Å². The molecule has 1 aromatic rings. The smallest absolute Gasteiger partial charge is 0.271 e. The predicted octanol–water partition coefficient (Wildman–Crippen LogP) is 2.39. The van der Waals surface area contributed by atoms with Crippen molar-refractivity contribution >= 4 is 36.1 Å². The van der Waals surface area contributed by atoms with Gasteiger partial charge in [0.1, 0.15) is 6.04 Å². The molecule has 2 rings (SSSR count). The number of amides is 1. The highest BCUT2D eigenvalue weighted by Crippen LogP contribution is 2.35. The fourth-order valence-electron chi connectivity index (χ4n) is 2.81. The summed E-state index contributed by atoms with van der Waals surface area (Å²) in [5.74, 6) is -3.69. The lowest BCUT2D eigenvalue weighted by Crippen LogP contribution is -2.48. The van der Waals surface area contributed by atoms with Crippen molar-refractivity contribution in [3.8, 4) is 6.07 Å². The summed E-state index contributed by atoms with van der Waals surface area (Å²) in [4.78, 5) is 21.3. The van der Waals surface area contributed by atoms with Crippen molar-refractivity contribution in [1.29, 1.82) is 5.26 Å². The molecular weight excluding hydrogens is 390 g/mol. The molecule has 1 amide bonds. The summed E-state index contributed by atoms with van der Waals surface area (Å²) in [6.45, 7) is 2.99. The zero-order valence-corrected chi connectivity index (χ0v) is 15.7. The molecule has 1 heterocycles. The van der Waals surface area contributed by atoms with Crippen LogP contribution in [0.4, 0.5) is 14.5 Å². The quantitative estimate of drug-likeness (QED) is 0.410. The van der Waals surface area contributed by atoms with Gasteiger partial charge < -0.3 is 10.6 Å². The topological polar surface area (TPSA) is 107 Å². The number of nitrogens with zero attached hydrogens (tertiary/aromatic N) is 4. The Labute approximate surface area is 166 Å². The first-order chi connectivity index (χ1) is 13.3. The molecule has 0 bridgehead atoms. The SMILES string of the molecule is C=N/C=C(Cl)\C=N/CNC[C@H]1N(C(=O)c2cc(C#N)ccc2N)CCC1(F)F. The van der Waals surface area contributed by atoms with E-state index >= 15 is 0 Å². The Morgan fingerprint density at radius 2 is 2.32 bits per heavy atom. The number of aliphatic imine (C=N–C) groups is 2. The number of carbonyl (C=O) groups is 1. The Balaban J connectivity index is 2.09. The molecule has 1 aromatic carbocycles. The lowest BCUT2D eigenvalue weighted by molar-refractivity contribution is -0.0286. The summed E-state index contributed by atoms with van der Waals surface area (Å²) in [7, 11) is 0. The largest absolute Gasteiger partial charge is 0.398 e. The highest BCUT2D eigenvalue weighted by Gasteiger charge is 2.50. The van der Waals surface area contributed by atoms with Crippen LogP contribution in [0.2, 0.25) is 0 Å². The fourth-order valence-corrected chi connectivity index (χ4v) is 2.95. The molecule has 1 saturated heterocycles. The third-order valence-corrected chi connectivity index (χ3v) is 4.39. The van der Waals surface area contributed by atoms with Gasteiger partial charge in [-0.1, -0.05) is 11.6 Å². The monoisotopic (exact) mass is 408 g/mol. The van der Waals surface area contributed by atoms with Gasteiger partial charge in [0.15, 0.2) is 0 Å². The van der Waals surface area contributed by atoms with Gasteiger partial charge in [-0.2, -0.15) is 5.26 Å². The Morgan fingerprint density at radius 3 is 3.00 bits per heavy atom. The van der Waals surface area contributed by atoms with Gasteiger partial charge in [-0.25, -0.2) is 8.78 Å². The highest BCUT2D eigenvalue weighted by atomic mass is 35.5. The van der Waals surface area contributed by atoms with E-state index in [0.29, 0.717) is 0 Å². The van der Waals surface area contributed by atoms with Crippen molar-refractivity contribution in [1.82, 2.24) is 10.2 Å². The zero-order valence-electron chi connectivity index (χ0n) is 14.9. The average Bonchev–Trinajstić information content (AvgIpc) is 2.96. The van der Waals surface area contributed by atoms with Crippen molar-refractivity contribution in [3.63, 3.8) is 0 Å². The summed E-state index contributed by atoms with van der Waals surface area (Å²) in [5, 5.41) is 12.0. The molecule has 1 aliphatic heterocycles. The average molecular weight is 409 g/mol. The van der Waals surface area contributed by atoms with E-state index in [-0.39, 0.29) is 41.6 Å². The number of nitrogen functional groups attached to an aromatic ring is 1. The lowest BCUT2D eigenvalue weighted by atomic mass is 10.1. The van der Waals surface area contributed by atoms with Gasteiger partial charge >= 0.3 is 0 Å². The number of nitrogens with one attached hydrogen (secondary N) is 1. The van der Waals surface area contributed by atoms with Crippen LogP contribution >= 0.6 is 11.6 Å². The van der Waals surface area contributed by atoms with E-state index in [9.17, 15) is 13.6 Å². The van der Waals surface area contributed by atoms with Crippen molar-refractivity contribution in [2.75, 3.05) is 25.5 Å². The van der Waals surface area contributed by atoms with Gasteiger partial charge in [-0.3, -0.25) is 20.1 Å². The van der Waals surface area contributed by atoms with E-state index in [4.69, 9.17) is 22.6 Å². The van der Waals surface area contributed by atoms with Crippen LogP contribution in [0.1, 0.15) is 22.3 Å². The minimum Gasteiger partial charge on any atom is -0.398 e. The molecule has 1 fully saturated rings. The number of hydrogen-bond acceptors (Lipinski definition) is 6. The molecule has 0 aromatic heterocycles. The summed E-state index contributed by atoms with van der Waals surface area (Å²) in [5.41, 5.74) is 6.21. The van der Waals surface area contributed by atoms with Crippen LogP contribution in [0.5, 0.6) is 0 Å². The first kappa shape index (κ1) is 21.5. The molecule has 0 radical (unpaired) electrons. The van der Waals surface area contributed by atoms with E-state index in [1.807, 2.05) is 6.07 Å². The van der Waals surface area contributed by atoms with Gasteiger partial charge in [-0.15, -0.1) is 0 Å². The number of halogens is 3. The van der Waals surface area contributed by atoms with E-state index in [2.05, 4.69) is 22.0 Å². The second-order valence-electron chi connectivity index (χ2n) is 6.06. The minimum absolute atomic E-state index is 0.0296. The van der Waals surface area contributed by atoms with Crippen molar-refractivity contribution < 1.29 is 13.6 Å². The molecule has 3 N–H and O–H groups in total. The third-order valence-electron chi connectivity index (χ3n) is 4.19. The highest BCUT2D eigenvalue weighted by molar-refractivity contribution is 6.39. The van der Waals surface area contributed by atoms with E-state index < -0.39 is 24.3 Å². The third kappa shape index (κ3) is 5.12. The first-order valence-corrected chi connectivity index (χ1v) is 8.68. The maximum absolute atomic E-state index is 14.3. The number of nitriles is 1. The van der Waals surface area contributed by atoms with Gasteiger partial charge in [-0.05, 0) is 24.9 Å². The molecular formula is C18H19ClF2N6O. The summed E-state index contributed by atoms with van der Waals surface area (Å²) in [6.07, 6.45) is 2.15. The molecule has 0 spiro atoms. The molecule has 148 valence electrons. The predicted molar refractivity (Wildman–Crippen MR) is 105 cm³/mol. The van der Waals surface area contributed by atoms with Crippen molar-refractivity contribution in [2.45, 2.75) is 18.4 Å². The Morgan fingerprint density at radius 1 is 1.57 bits per heavy atom. The number of nitrogens with two attached hydrogens (primary N) is 1. The number of anilines is 1. The number of hydrogen-bond donors (Lipinski definition) is 2. The molecule has 7 nitrogen and oxygen atoms in total. The van der Waals surface area contributed by atoms with Gasteiger partial charge in [0.2, 0.25) is 0 Å². The van der Waals surface area contributed by atoms with Crippen LogP contribution in [0, 0.1) is 11.3 Å². The van der Waals surface area contributed by atoms with Crippen molar-refractivity contribution in [2.24, 2.45) is 9.98 Å². The number of alkyl halides is 2. The van der Waals surface area contributed by atoms with Gasteiger partial charge in [0.25, 0.3) is 11.8 Å². The standard InChI is InChI=1S/C18H19ClF2N6O/c1-24-8-13(19)9-25-11-26-10-16-18(20,21)4-5-27(16)17(28)14-6-12(7-22)2-3-15(14)23/h2-3,6,8-9,16,26H,1,4-5,10-11,23H2/b13-8+,25-9-/t16-/m1/s1. The molecule has 28 heavy (non-hydrogen) atoms. The van der Waals surface area contributed by atoms with E-state index in [0.717, 1.165) is 4.90 Å². The van der Waals surface area contributed by atoms with Crippen LogP contribution in [0.3, 0.4) is 0 Å². The minimum atomic E-state index is -3.06. The number of rotatable bonds is 7. The van der Waals surface area contributed by atoms with Crippen LogP contribution in [0.15, 0.2) is 39.4 Å². The second kappa shape index (κ2) is 9.39. The molecule has 0 unspecified atom stereocenters. The maximum Gasteiger partial charge on any atom is 0.271 e. The van der Waals surface area contributed by atoms with Gasteiger partial charge in [0.05, 0.1) is 28.9 Å². The second-order valence-corrected chi connectivity index (χ2v) is 6.50. The molecule has 1 atom stereocenters. The molecule has 10 heteroatoms. The van der Waals surface area contributed by atoms with Crippen LogP contribution < -0.4 is 11.1 Å². The molecule has 1 aliphatic rings. The van der Waals surface area contributed by atoms with E-state index in [1.54, 1.807) is 0 Å². The molecule has 0 saturated carbocycles. The van der Waals surface area contributed by atoms with Crippen molar-refractivity contribution in [3.05, 3.63) is 40.6 Å². The summed E-state index contributed by atoms with van der Waals surface area (Å²) in [6, 6.07) is 4.73. The number of carbonyl (C=O) groups excluding carboxylic acids is 1. The van der Waals surface area contributed by atoms with Gasteiger partial charge in [0, 0.05) is 37.6 Å². The summed E-state index contributed by atoms with van der Waals surface area (Å²) < 4.78 is 28.6. The normalized spacial score (nSPS) is 19.0. The number of likely N-dealkylation sites (tertiary alicyclic amines) is 1. The maximum atomic E-state index is 14.3. The first-order valence-electron chi connectivity index (χ1n) is 8.30. The van der Waals surface area contributed by atoms with Crippen LogP contribution in [-0.4, -0.2) is 55.5 Å². The Bertz CT molecular complexity index is 849. The molecule has 0 aliphatic carbocycles.